The van der Waals surface area contributed by atoms with E-state index in [4.69, 9.17) is 9.15 Å². The van der Waals surface area contributed by atoms with Crippen LogP contribution in [0.4, 0.5) is 0 Å². The molecule has 1 aliphatic heterocycles. The van der Waals surface area contributed by atoms with Crippen LogP contribution in [-0.2, 0) is 11.3 Å². The highest BCUT2D eigenvalue weighted by molar-refractivity contribution is 7.12. The Kier molecular flexibility index (Phi) is 5.20. The zero-order chi connectivity index (χ0) is 16.2. The maximum atomic E-state index is 12.3. The molecule has 0 saturated carbocycles. The van der Waals surface area contributed by atoms with Crippen molar-refractivity contribution in [3.05, 3.63) is 34.2 Å². The summed E-state index contributed by atoms with van der Waals surface area (Å²) in [5.41, 5.74) is 0. The highest BCUT2D eigenvalue weighted by Crippen LogP contribution is 2.20. The van der Waals surface area contributed by atoms with Gasteiger partial charge in [0.1, 0.15) is 0 Å². The number of ether oxygens (including phenoxy) is 1. The largest absolute Gasteiger partial charge is 0.424 e. The minimum absolute atomic E-state index is 0.0488. The fourth-order valence-corrected chi connectivity index (χ4v) is 3.25. The topological polar surface area (TPSA) is 68.5 Å². The van der Waals surface area contributed by atoms with Gasteiger partial charge in [0.25, 0.3) is 0 Å². The number of hydrogen-bond acceptors (Lipinski definition) is 7. The maximum Gasteiger partial charge on any atom is 0.230 e. The summed E-state index contributed by atoms with van der Waals surface area (Å²) in [6.45, 7) is 6.59. The molecule has 7 heteroatoms. The van der Waals surface area contributed by atoms with Gasteiger partial charge in [-0.2, -0.15) is 0 Å². The summed E-state index contributed by atoms with van der Waals surface area (Å²) >= 11 is 1.48. The Morgan fingerprint density at radius 2 is 2.35 bits per heavy atom. The fourth-order valence-electron chi connectivity index (χ4n) is 2.57. The van der Waals surface area contributed by atoms with Crippen molar-refractivity contribution in [2.45, 2.75) is 38.8 Å². The molecule has 1 aliphatic rings. The first kappa shape index (κ1) is 16.3. The van der Waals surface area contributed by atoms with Gasteiger partial charge >= 0.3 is 0 Å². The predicted octanol–water partition coefficient (Wildman–Crippen LogP) is 2.73. The number of nitrogens with zero attached hydrogens (tertiary/aromatic N) is 3. The number of thiophene rings is 1. The minimum Gasteiger partial charge on any atom is -0.424 e. The van der Waals surface area contributed by atoms with Crippen molar-refractivity contribution >= 4 is 17.1 Å². The molecule has 0 spiro atoms. The molecule has 0 bridgehead atoms. The lowest BCUT2D eigenvalue weighted by molar-refractivity contribution is -0.0159. The van der Waals surface area contributed by atoms with Gasteiger partial charge in [0, 0.05) is 24.9 Å². The summed E-state index contributed by atoms with van der Waals surface area (Å²) < 4.78 is 11.2. The molecule has 1 saturated heterocycles. The molecule has 23 heavy (non-hydrogen) atoms. The van der Waals surface area contributed by atoms with Crippen LogP contribution in [0.2, 0.25) is 0 Å². The third-order valence-corrected chi connectivity index (χ3v) is 4.79. The SMILES string of the molecule is CC(C)c1nnc(CN2CCOC[C@@H]2CC(=O)c2cccs2)o1. The molecular weight excluding hydrogens is 314 g/mol. The van der Waals surface area contributed by atoms with E-state index in [2.05, 4.69) is 15.1 Å². The van der Waals surface area contributed by atoms with E-state index < -0.39 is 0 Å². The fraction of sp³-hybridized carbons (Fsp3) is 0.562. The number of aromatic nitrogens is 2. The monoisotopic (exact) mass is 335 g/mol. The summed E-state index contributed by atoms with van der Waals surface area (Å²) in [5.74, 6) is 1.63. The van der Waals surface area contributed by atoms with Crippen molar-refractivity contribution in [2.75, 3.05) is 19.8 Å². The first-order valence-electron chi connectivity index (χ1n) is 7.84. The Hall–Kier alpha value is -1.57. The van der Waals surface area contributed by atoms with E-state index in [0.29, 0.717) is 38.0 Å². The van der Waals surface area contributed by atoms with Crippen molar-refractivity contribution in [3.8, 4) is 0 Å². The number of Topliss-reactive ketones (excluding diaryl/α,β-unsaturated/α-hetero) is 1. The van der Waals surface area contributed by atoms with Crippen LogP contribution in [0.25, 0.3) is 0 Å². The molecule has 0 aromatic carbocycles. The highest BCUT2D eigenvalue weighted by atomic mass is 32.1. The van der Waals surface area contributed by atoms with Crippen LogP contribution in [0, 0.1) is 0 Å². The lowest BCUT2D eigenvalue weighted by atomic mass is 10.1. The van der Waals surface area contributed by atoms with Crippen LogP contribution in [0.15, 0.2) is 21.9 Å². The normalized spacial score (nSPS) is 19.3. The second-order valence-corrected chi connectivity index (χ2v) is 6.94. The van der Waals surface area contributed by atoms with E-state index in [1.807, 2.05) is 31.4 Å². The maximum absolute atomic E-state index is 12.3. The zero-order valence-corrected chi connectivity index (χ0v) is 14.2. The summed E-state index contributed by atoms with van der Waals surface area (Å²) in [6.07, 6.45) is 0.450. The number of carbonyl (C=O) groups excluding carboxylic acids is 1. The second-order valence-electron chi connectivity index (χ2n) is 5.99. The molecule has 0 unspecified atom stereocenters. The van der Waals surface area contributed by atoms with Crippen LogP contribution >= 0.6 is 11.3 Å². The molecule has 3 heterocycles. The predicted molar refractivity (Wildman–Crippen MR) is 86.7 cm³/mol. The third-order valence-electron chi connectivity index (χ3n) is 3.88. The summed E-state index contributed by atoms with van der Waals surface area (Å²) in [4.78, 5) is 15.3. The molecule has 0 radical (unpaired) electrons. The number of ketones is 1. The first-order valence-corrected chi connectivity index (χ1v) is 8.72. The van der Waals surface area contributed by atoms with Gasteiger partial charge in [-0.05, 0) is 11.4 Å². The molecule has 2 aromatic rings. The van der Waals surface area contributed by atoms with Gasteiger partial charge in [-0.15, -0.1) is 21.5 Å². The molecule has 1 atom stereocenters. The molecule has 6 nitrogen and oxygen atoms in total. The number of hydrogen-bond donors (Lipinski definition) is 0. The molecule has 0 N–H and O–H groups in total. The number of carbonyl (C=O) groups is 1. The van der Waals surface area contributed by atoms with Crippen LogP contribution < -0.4 is 0 Å². The van der Waals surface area contributed by atoms with Crippen LogP contribution in [-0.4, -0.2) is 46.7 Å². The third kappa shape index (κ3) is 4.04. The number of morpholine rings is 1. The molecule has 2 aromatic heterocycles. The van der Waals surface area contributed by atoms with Crippen LogP contribution in [0.1, 0.15) is 47.6 Å². The Morgan fingerprint density at radius 3 is 3.04 bits per heavy atom. The lowest BCUT2D eigenvalue weighted by Crippen LogP contribution is -2.45. The van der Waals surface area contributed by atoms with E-state index in [1.54, 1.807) is 0 Å². The lowest BCUT2D eigenvalue weighted by Gasteiger charge is -2.34. The summed E-state index contributed by atoms with van der Waals surface area (Å²) in [7, 11) is 0. The minimum atomic E-state index is 0.0488. The summed E-state index contributed by atoms with van der Waals surface area (Å²) in [5, 5.41) is 10.1. The first-order chi connectivity index (χ1) is 11.1. The molecule has 1 fully saturated rings. The van der Waals surface area contributed by atoms with Crippen molar-refractivity contribution < 1.29 is 13.9 Å². The van der Waals surface area contributed by atoms with E-state index in [0.717, 1.165) is 11.4 Å². The van der Waals surface area contributed by atoms with Crippen molar-refractivity contribution in [1.82, 2.24) is 15.1 Å². The zero-order valence-electron chi connectivity index (χ0n) is 13.4. The Labute approximate surface area is 139 Å². The van der Waals surface area contributed by atoms with Crippen LogP contribution in [0.3, 0.4) is 0 Å². The van der Waals surface area contributed by atoms with Crippen LogP contribution in [0.5, 0.6) is 0 Å². The van der Waals surface area contributed by atoms with Crippen molar-refractivity contribution in [2.24, 2.45) is 0 Å². The Balaban J connectivity index is 1.64. The van der Waals surface area contributed by atoms with E-state index in [1.165, 1.54) is 11.3 Å². The molecule has 0 aliphatic carbocycles. The summed E-state index contributed by atoms with van der Waals surface area (Å²) in [6, 6.07) is 3.82. The standard InChI is InChI=1S/C16H21N3O3S/c1-11(2)16-18-17-15(22-16)9-19-5-6-21-10-12(19)8-13(20)14-4-3-7-23-14/h3-4,7,11-12H,5-6,8-10H2,1-2H3/t12-/m0/s1. The quantitative estimate of drug-likeness (QED) is 0.756. The van der Waals surface area contributed by atoms with E-state index in [9.17, 15) is 4.79 Å². The highest BCUT2D eigenvalue weighted by Gasteiger charge is 2.27. The van der Waals surface area contributed by atoms with Gasteiger partial charge in [-0.3, -0.25) is 9.69 Å². The van der Waals surface area contributed by atoms with Gasteiger partial charge in [0.2, 0.25) is 11.8 Å². The average molecular weight is 335 g/mol. The van der Waals surface area contributed by atoms with Gasteiger partial charge < -0.3 is 9.15 Å². The molecule has 124 valence electrons. The smallest absolute Gasteiger partial charge is 0.230 e. The van der Waals surface area contributed by atoms with E-state index in [-0.39, 0.29) is 17.7 Å². The average Bonchev–Trinajstić information content (AvgIpc) is 3.20. The van der Waals surface area contributed by atoms with Gasteiger partial charge in [-0.25, -0.2) is 0 Å². The van der Waals surface area contributed by atoms with Gasteiger partial charge in [0.15, 0.2) is 5.78 Å². The Morgan fingerprint density at radius 1 is 1.48 bits per heavy atom. The van der Waals surface area contributed by atoms with Gasteiger partial charge in [0.05, 0.1) is 24.6 Å². The van der Waals surface area contributed by atoms with E-state index >= 15 is 0 Å². The second kappa shape index (κ2) is 7.33. The number of rotatable bonds is 6. The molecular formula is C16H21N3O3S. The molecule has 3 rings (SSSR count). The van der Waals surface area contributed by atoms with Gasteiger partial charge in [-0.1, -0.05) is 19.9 Å². The molecule has 0 amide bonds. The Bertz CT molecular complexity index is 639. The van der Waals surface area contributed by atoms with Crippen molar-refractivity contribution in [3.63, 3.8) is 0 Å². The van der Waals surface area contributed by atoms with Crippen molar-refractivity contribution in [1.29, 1.82) is 0 Å².